The Kier molecular flexibility index (Phi) is 7.71. The SMILES string of the molecule is [C-]1=CC=CC1.[CH2-]c1ccccc1.[Hf]. The Morgan fingerprint density at radius 3 is 2.08 bits per heavy atom. The summed E-state index contributed by atoms with van der Waals surface area (Å²) in [5.41, 5.74) is 1.07. The molecule has 0 unspecified atom stereocenters. The average Bonchev–Trinajstić information content (AvgIpc) is 2.62. The van der Waals surface area contributed by atoms with E-state index in [9.17, 15) is 0 Å². The molecule has 0 aromatic heterocycles. The summed E-state index contributed by atoms with van der Waals surface area (Å²) < 4.78 is 0. The Balaban J connectivity index is 0.000000215. The monoisotopic (exact) mass is 336 g/mol. The Bertz CT molecular complexity index is 250. The second kappa shape index (κ2) is 8.06. The molecule has 0 fully saturated rings. The first-order chi connectivity index (χ1) is 5.89. The number of hydrogen-bond acceptors (Lipinski definition) is 0. The van der Waals surface area contributed by atoms with Crippen molar-refractivity contribution in [3.63, 3.8) is 0 Å². The van der Waals surface area contributed by atoms with E-state index in [0.717, 1.165) is 12.0 Å². The van der Waals surface area contributed by atoms with Crippen LogP contribution in [0.4, 0.5) is 0 Å². The molecule has 1 aliphatic carbocycles. The number of allylic oxidation sites excluding steroid dienone is 4. The fourth-order valence-corrected chi connectivity index (χ4v) is 0.818. The van der Waals surface area contributed by atoms with Crippen molar-refractivity contribution in [3.8, 4) is 0 Å². The maximum Gasteiger partial charge on any atom is 0 e. The Morgan fingerprint density at radius 1 is 1.15 bits per heavy atom. The van der Waals surface area contributed by atoms with Gasteiger partial charge in [0.2, 0.25) is 0 Å². The first kappa shape index (κ1) is 12.4. The summed E-state index contributed by atoms with van der Waals surface area (Å²) in [5, 5.41) is 0. The predicted molar refractivity (Wildman–Crippen MR) is 52.5 cm³/mol. The summed E-state index contributed by atoms with van der Waals surface area (Å²) in [6.07, 6.45) is 10.0. The van der Waals surface area contributed by atoms with Crippen LogP contribution in [0, 0.1) is 13.0 Å². The topological polar surface area (TPSA) is 0 Å². The van der Waals surface area contributed by atoms with Gasteiger partial charge in [-0.2, -0.15) is 30.7 Å². The maximum absolute atomic E-state index is 3.72. The van der Waals surface area contributed by atoms with Crippen molar-refractivity contribution in [2.75, 3.05) is 0 Å². The van der Waals surface area contributed by atoms with Gasteiger partial charge in [-0.05, 0) is 0 Å². The molecule has 66 valence electrons. The fourth-order valence-electron chi connectivity index (χ4n) is 0.818. The van der Waals surface area contributed by atoms with Gasteiger partial charge in [-0.15, -0.1) is 18.6 Å². The van der Waals surface area contributed by atoms with Crippen LogP contribution in [0.2, 0.25) is 0 Å². The second-order valence-corrected chi connectivity index (χ2v) is 2.49. The van der Waals surface area contributed by atoms with Gasteiger partial charge in [0.25, 0.3) is 0 Å². The van der Waals surface area contributed by atoms with Crippen LogP contribution in [-0.4, -0.2) is 0 Å². The second-order valence-electron chi connectivity index (χ2n) is 2.49. The summed E-state index contributed by atoms with van der Waals surface area (Å²) in [6, 6.07) is 9.87. The van der Waals surface area contributed by atoms with Crippen LogP contribution < -0.4 is 0 Å². The molecule has 0 spiro atoms. The van der Waals surface area contributed by atoms with E-state index in [-0.39, 0.29) is 25.8 Å². The van der Waals surface area contributed by atoms with Gasteiger partial charge >= 0.3 is 0 Å². The van der Waals surface area contributed by atoms with E-state index in [0.29, 0.717) is 0 Å². The first-order valence-corrected chi connectivity index (χ1v) is 3.98. The van der Waals surface area contributed by atoms with E-state index < -0.39 is 0 Å². The third-order valence-electron chi connectivity index (χ3n) is 1.43. The summed E-state index contributed by atoms with van der Waals surface area (Å²) in [4.78, 5) is 0. The normalized spacial score (nSPS) is 11.4. The van der Waals surface area contributed by atoms with Crippen LogP contribution in [0.15, 0.2) is 48.6 Å². The summed E-state index contributed by atoms with van der Waals surface area (Å²) in [7, 11) is 0. The number of rotatable bonds is 0. The molecule has 0 N–H and O–H groups in total. The predicted octanol–water partition coefficient (Wildman–Crippen LogP) is 3.17. The van der Waals surface area contributed by atoms with Crippen molar-refractivity contribution in [3.05, 3.63) is 67.1 Å². The molecule has 1 heteroatoms. The maximum atomic E-state index is 3.72. The van der Waals surface area contributed by atoms with E-state index in [2.05, 4.69) is 19.1 Å². The van der Waals surface area contributed by atoms with Gasteiger partial charge < -0.3 is 0 Å². The number of benzene rings is 1. The number of hydrogen-bond donors (Lipinski definition) is 0. The van der Waals surface area contributed by atoms with Gasteiger partial charge in [-0.1, -0.05) is 6.07 Å². The van der Waals surface area contributed by atoms with Crippen molar-refractivity contribution in [2.24, 2.45) is 0 Å². The van der Waals surface area contributed by atoms with Crippen molar-refractivity contribution in [2.45, 2.75) is 6.42 Å². The molecule has 0 radical (unpaired) electrons. The van der Waals surface area contributed by atoms with Crippen molar-refractivity contribution < 1.29 is 25.8 Å². The molecule has 0 saturated carbocycles. The van der Waals surface area contributed by atoms with Crippen molar-refractivity contribution >= 4 is 0 Å². The van der Waals surface area contributed by atoms with Crippen LogP contribution in [-0.2, 0) is 25.8 Å². The molecule has 13 heavy (non-hydrogen) atoms. The minimum Gasteiger partial charge on any atom is -0.273 e. The van der Waals surface area contributed by atoms with E-state index in [1.807, 2.05) is 42.5 Å². The summed E-state index contributed by atoms with van der Waals surface area (Å²) in [5.74, 6) is 0. The van der Waals surface area contributed by atoms with Gasteiger partial charge in [0, 0.05) is 25.8 Å². The standard InChI is InChI=1S/C7H7.C5H5.Hf/c1-7-5-3-2-4-6-7;1-2-4-5-3-1;/h2-6H,1H2;1-3H,4H2;/q2*-1;. The quantitative estimate of drug-likeness (QED) is 0.505. The van der Waals surface area contributed by atoms with Gasteiger partial charge in [0.05, 0.1) is 0 Å². The smallest absolute Gasteiger partial charge is 0 e. The van der Waals surface area contributed by atoms with Crippen LogP contribution in [0.3, 0.4) is 0 Å². The van der Waals surface area contributed by atoms with Gasteiger partial charge in [-0.3, -0.25) is 6.08 Å². The molecule has 0 heterocycles. The molecule has 0 aliphatic heterocycles. The van der Waals surface area contributed by atoms with E-state index in [1.54, 1.807) is 0 Å². The molecule has 0 nitrogen and oxygen atoms in total. The first-order valence-electron chi connectivity index (χ1n) is 3.98. The van der Waals surface area contributed by atoms with Crippen molar-refractivity contribution in [1.82, 2.24) is 0 Å². The minimum absolute atomic E-state index is 0. The molecule has 0 saturated heterocycles. The molecular weight excluding hydrogens is 323 g/mol. The molecule has 2 rings (SSSR count). The Labute approximate surface area is 99.1 Å². The van der Waals surface area contributed by atoms with E-state index in [4.69, 9.17) is 0 Å². The third-order valence-corrected chi connectivity index (χ3v) is 1.43. The Hall–Kier alpha value is -0.560. The molecule has 1 aromatic rings. The molecule has 0 amide bonds. The van der Waals surface area contributed by atoms with Gasteiger partial charge in [-0.25, -0.2) is 12.2 Å². The zero-order valence-corrected chi connectivity index (χ0v) is 11.1. The largest absolute Gasteiger partial charge is 0.273 e. The van der Waals surface area contributed by atoms with Gasteiger partial charge in [0.15, 0.2) is 0 Å². The zero-order valence-electron chi connectivity index (χ0n) is 7.53. The zero-order chi connectivity index (χ0) is 8.65. The molecular formula is C12H12Hf-2. The Morgan fingerprint density at radius 2 is 1.85 bits per heavy atom. The van der Waals surface area contributed by atoms with Crippen molar-refractivity contribution in [1.29, 1.82) is 0 Å². The van der Waals surface area contributed by atoms with Gasteiger partial charge in [0.1, 0.15) is 0 Å². The van der Waals surface area contributed by atoms with E-state index >= 15 is 0 Å². The third kappa shape index (κ3) is 6.59. The van der Waals surface area contributed by atoms with Crippen LogP contribution >= 0.6 is 0 Å². The van der Waals surface area contributed by atoms with E-state index in [1.165, 1.54) is 0 Å². The average molecular weight is 335 g/mol. The minimum atomic E-state index is 0. The molecule has 0 atom stereocenters. The summed E-state index contributed by atoms with van der Waals surface area (Å²) in [6.45, 7) is 3.72. The van der Waals surface area contributed by atoms with Crippen LogP contribution in [0.1, 0.15) is 12.0 Å². The fraction of sp³-hybridized carbons (Fsp3) is 0.0833. The molecule has 0 bridgehead atoms. The van der Waals surface area contributed by atoms with Crippen LogP contribution in [0.5, 0.6) is 0 Å². The molecule has 1 aliphatic rings. The molecule has 1 aromatic carbocycles. The van der Waals surface area contributed by atoms with Crippen LogP contribution in [0.25, 0.3) is 0 Å². The summed E-state index contributed by atoms with van der Waals surface area (Å²) >= 11 is 0.